The number of carbonyl (C=O) groups is 1. The van der Waals surface area contributed by atoms with Gasteiger partial charge in [-0.15, -0.1) is 0 Å². The maximum absolute atomic E-state index is 13.8. The number of hydrogen-bond donors (Lipinski definition) is 1. The van der Waals surface area contributed by atoms with Crippen molar-refractivity contribution < 1.29 is 14.3 Å². The van der Waals surface area contributed by atoms with E-state index in [4.69, 9.17) is 16.7 Å². The predicted octanol–water partition coefficient (Wildman–Crippen LogP) is 4.33. The predicted molar refractivity (Wildman–Crippen MR) is 84.2 cm³/mol. The molecule has 0 aliphatic heterocycles. The van der Waals surface area contributed by atoms with Gasteiger partial charge in [0.2, 0.25) is 0 Å². The van der Waals surface area contributed by atoms with E-state index in [1.54, 1.807) is 41.3 Å². The Balaban J connectivity index is 2.30. The summed E-state index contributed by atoms with van der Waals surface area (Å²) in [4.78, 5) is 12.6. The first-order chi connectivity index (χ1) is 9.95. The Bertz CT molecular complexity index is 649. The molecule has 1 N–H and O–H groups in total. The standard InChI is InChI=1S/C15H12BrClFNO2/c16-11-1-6-14(18)10(7-11)8-19(9-15(20)21)13-4-2-12(17)3-5-13/h1-7H,8-9H2,(H,20,21). The fourth-order valence-corrected chi connectivity index (χ4v) is 2.46. The lowest BCUT2D eigenvalue weighted by Crippen LogP contribution is -2.29. The molecule has 0 aromatic heterocycles. The van der Waals surface area contributed by atoms with Gasteiger partial charge in [-0.05, 0) is 42.5 Å². The molecule has 0 amide bonds. The molecule has 3 nitrogen and oxygen atoms in total. The van der Waals surface area contributed by atoms with Crippen molar-refractivity contribution in [3.63, 3.8) is 0 Å². The number of hydrogen-bond acceptors (Lipinski definition) is 2. The van der Waals surface area contributed by atoms with Crippen LogP contribution in [0.5, 0.6) is 0 Å². The summed E-state index contributed by atoms with van der Waals surface area (Å²) in [5, 5.41) is 9.59. The zero-order chi connectivity index (χ0) is 15.4. The highest BCUT2D eigenvalue weighted by Gasteiger charge is 2.14. The molecule has 2 rings (SSSR count). The molecule has 6 heteroatoms. The summed E-state index contributed by atoms with van der Waals surface area (Å²) < 4.78 is 14.6. The van der Waals surface area contributed by atoms with Crippen LogP contribution in [0.4, 0.5) is 10.1 Å². The van der Waals surface area contributed by atoms with Crippen LogP contribution in [-0.2, 0) is 11.3 Å². The molecule has 0 spiro atoms. The average molecular weight is 373 g/mol. The summed E-state index contributed by atoms with van der Waals surface area (Å²) in [6, 6.07) is 11.3. The Kier molecular flexibility index (Phi) is 5.20. The van der Waals surface area contributed by atoms with Crippen LogP contribution in [-0.4, -0.2) is 17.6 Å². The van der Waals surface area contributed by atoms with E-state index in [1.807, 2.05) is 0 Å². The number of halogens is 3. The first-order valence-corrected chi connectivity index (χ1v) is 7.29. The molecule has 0 aliphatic carbocycles. The van der Waals surface area contributed by atoms with Crippen LogP contribution in [0.15, 0.2) is 46.9 Å². The first-order valence-electron chi connectivity index (χ1n) is 6.12. The summed E-state index contributed by atoms with van der Waals surface area (Å²) in [6.07, 6.45) is 0. The smallest absolute Gasteiger partial charge is 0.323 e. The van der Waals surface area contributed by atoms with Crippen molar-refractivity contribution in [2.24, 2.45) is 0 Å². The van der Waals surface area contributed by atoms with E-state index in [1.165, 1.54) is 6.07 Å². The van der Waals surface area contributed by atoms with Crippen molar-refractivity contribution in [2.75, 3.05) is 11.4 Å². The molecule has 0 aliphatic rings. The van der Waals surface area contributed by atoms with Gasteiger partial charge in [0.15, 0.2) is 0 Å². The summed E-state index contributed by atoms with van der Waals surface area (Å²) in [6.45, 7) is -0.0766. The molecular formula is C15H12BrClFNO2. The van der Waals surface area contributed by atoms with Crippen molar-refractivity contribution in [2.45, 2.75) is 6.54 Å². The van der Waals surface area contributed by atoms with Crippen LogP contribution >= 0.6 is 27.5 Å². The molecule has 110 valence electrons. The zero-order valence-corrected chi connectivity index (χ0v) is 13.2. The maximum Gasteiger partial charge on any atom is 0.323 e. The lowest BCUT2D eigenvalue weighted by Gasteiger charge is -2.23. The number of carboxylic acids is 1. The molecule has 0 atom stereocenters. The summed E-state index contributed by atoms with van der Waals surface area (Å²) in [5.74, 6) is -1.36. The molecule has 0 fully saturated rings. The Morgan fingerprint density at radius 1 is 1.24 bits per heavy atom. The molecule has 2 aromatic rings. The topological polar surface area (TPSA) is 40.5 Å². The quantitative estimate of drug-likeness (QED) is 0.849. The fraction of sp³-hybridized carbons (Fsp3) is 0.133. The van der Waals surface area contributed by atoms with Gasteiger partial charge in [-0.25, -0.2) is 4.39 Å². The van der Waals surface area contributed by atoms with E-state index < -0.39 is 5.97 Å². The van der Waals surface area contributed by atoms with Gasteiger partial charge < -0.3 is 10.0 Å². The average Bonchev–Trinajstić information content (AvgIpc) is 2.42. The highest BCUT2D eigenvalue weighted by molar-refractivity contribution is 9.10. The minimum absolute atomic E-state index is 0.152. The van der Waals surface area contributed by atoms with Crippen LogP contribution in [0.2, 0.25) is 5.02 Å². The highest BCUT2D eigenvalue weighted by Crippen LogP contribution is 2.22. The minimum Gasteiger partial charge on any atom is -0.480 e. The van der Waals surface area contributed by atoms with Crippen LogP contribution in [0.25, 0.3) is 0 Å². The van der Waals surface area contributed by atoms with Crippen molar-refractivity contribution >= 4 is 39.2 Å². The van der Waals surface area contributed by atoms with Gasteiger partial charge in [0.1, 0.15) is 12.4 Å². The van der Waals surface area contributed by atoms with E-state index >= 15 is 0 Å². The zero-order valence-electron chi connectivity index (χ0n) is 10.9. The number of aliphatic carboxylic acids is 1. The Hall–Kier alpha value is -1.59. The van der Waals surface area contributed by atoms with E-state index in [-0.39, 0.29) is 18.9 Å². The highest BCUT2D eigenvalue weighted by atomic mass is 79.9. The third kappa shape index (κ3) is 4.44. The van der Waals surface area contributed by atoms with E-state index in [0.29, 0.717) is 16.3 Å². The van der Waals surface area contributed by atoms with Crippen molar-refractivity contribution in [3.8, 4) is 0 Å². The number of rotatable bonds is 5. The summed E-state index contributed by atoms with van der Waals surface area (Å²) in [5.41, 5.74) is 1.08. The normalized spacial score (nSPS) is 10.4. The van der Waals surface area contributed by atoms with Gasteiger partial charge >= 0.3 is 5.97 Å². The van der Waals surface area contributed by atoms with Crippen molar-refractivity contribution in [3.05, 3.63) is 63.3 Å². The monoisotopic (exact) mass is 371 g/mol. The second kappa shape index (κ2) is 6.91. The number of benzene rings is 2. The summed E-state index contributed by atoms with van der Waals surface area (Å²) in [7, 11) is 0. The van der Waals surface area contributed by atoms with Gasteiger partial charge in [0.05, 0.1) is 0 Å². The van der Waals surface area contributed by atoms with Gasteiger partial charge in [-0.1, -0.05) is 27.5 Å². The van der Waals surface area contributed by atoms with Gasteiger partial charge in [0, 0.05) is 27.3 Å². The van der Waals surface area contributed by atoms with Gasteiger partial charge in [-0.3, -0.25) is 4.79 Å². The molecule has 0 radical (unpaired) electrons. The van der Waals surface area contributed by atoms with E-state index in [2.05, 4.69) is 15.9 Å². The van der Waals surface area contributed by atoms with Crippen LogP contribution in [0, 0.1) is 5.82 Å². The van der Waals surface area contributed by atoms with Crippen LogP contribution in [0.1, 0.15) is 5.56 Å². The fourth-order valence-electron chi connectivity index (χ4n) is 1.92. The molecule has 0 unspecified atom stereocenters. The van der Waals surface area contributed by atoms with Gasteiger partial charge in [0.25, 0.3) is 0 Å². The lowest BCUT2D eigenvalue weighted by atomic mass is 10.2. The third-order valence-corrected chi connectivity index (χ3v) is 3.63. The lowest BCUT2D eigenvalue weighted by molar-refractivity contribution is -0.135. The van der Waals surface area contributed by atoms with Crippen LogP contribution < -0.4 is 4.90 Å². The van der Waals surface area contributed by atoms with E-state index in [0.717, 1.165) is 4.47 Å². The minimum atomic E-state index is -0.986. The SMILES string of the molecule is O=C(O)CN(Cc1cc(Br)ccc1F)c1ccc(Cl)cc1. The number of carboxylic acid groups (broad SMARTS) is 1. The molecule has 0 heterocycles. The molecular weight excluding hydrogens is 361 g/mol. The van der Waals surface area contributed by atoms with Gasteiger partial charge in [-0.2, -0.15) is 0 Å². The second-order valence-corrected chi connectivity index (χ2v) is 5.81. The molecule has 21 heavy (non-hydrogen) atoms. The first kappa shape index (κ1) is 15.8. The second-order valence-electron chi connectivity index (χ2n) is 4.46. The van der Waals surface area contributed by atoms with Crippen LogP contribution in [0.3, 0.4) is 0 Å². The molecule has 0 saturated carbocycles. The van der Waals surface area contributed by atoms with E-state index in [9.17, 15) is 9.18 Å². The Morgan fingerprint density at radius 2 is 1.90 bits per heavy atom. The number of anilines is 1. The van der Waals surface area contributed by atoms with Crippen molar-refractivity contribution in [1.82, 2.24) is 0 Å². The Morgan fingerprint density at radius 3 is 2.52 bits per heavy atom. The largest absolute Gasteiger partial charge is 0.480 e. The number of nitrogens with zero attached hydrogens (tertiary/aromatic N) is 1. The summed E-state index contributed by atoms with van der Waals surface area (Å²) >= 11 is 9.11. The Labute approximate surface area is 135 Å². The van der Waals surface area contributed by atoms with Crippen molar-refractivity contribution in [1.29, 1.82) is 0 Å². The molecule has 0 saturated heterocycles. The molecule has 2 aromatic carbocycles. The maximum atomic E-state index is 13.8. The molecule has 0 bridgehead atoms. The third-order valence-electron chi connectivity index (χ3n) is 2.89.